The molecule has 0 atom stereocenters. The fourth-order valence-corrected chi connectivity index (χ4v) is 3.03. The van der Waals surface area contributed by atoms with Crippen molar-refractivity contribution >= 4 is 23.2 Å². The minimum Gasteiger partial charge on any atom is -0.370 e. The van der Waals surface area contributed by atoms with E-state index in [9.17, 15) is 14.9 Å². The van der Waals surface area contributed by atoms with Crippen molar-refractivity contribution in [1.82, 2.24) is 14.9 Å². The van der Waals surface area contributed by atoms with Crippen molar-refractivity contribution in [3.8, 4) is 0 Å². The van der Waals surface area contributed by atoms with E-state index >= 15 is 0 Å². The number of non-ortho nitro benzene ring substituents is 1. The molecule has 0 radical (unpaired) electrons. The quantitative estimate of drug-likeness (QED) is 0.635. The lowest BCUT2D eigenvalue weighted by Crippen LogP contribution is -2.49. The van der Waals surface area contributed by atoms with Crippen LogP contribution in [0.5, 0.6) is 0 Å². The maximum absolute atomic E-state index is 12.6. The van der Waals surface area contributed by atoms with Crippen LogP contribution < -0.4 is 10.2 Å². The Hall–Kier alpha value is -3.23. The molecule has 1 saturated heterocycles. The number of piperazine rings is 1. The van der Waals surface area contributed by atoms with Crippen molar-refractivity contribution in [2.75, 3.05) is 42.9 Å². The Morgan fingerprint density at radius 1 is 1.19 bits per heavy atom. The second-order valence-electron chi connectivity index (χ2n) is 6.27. The van der Waals surface area contributed by atoms with E-state index in [1.807, 2.05) is 19.9 Å². The van der Waals surface area contributed by atoms with Gasteiger partial charge in [0, 0.05) is 56.5 Å². The second kappa shape index (κ2) is 7.98. The summed E-state index contributed by atoms with van der Waals surface area (Å²) in [6, 6.07) is 7.64. The second-order valence-corrected chi connectivity index (χ2v) is 6.27. The molecule has 0 saturated carbocycles. The zero-order valence-electron chi connectivity index (χ0n) is 15.4. The third-order valence-corrected chi connectivity index (χ3v) is 4.40. The molecule has 9 heteroatoms. The van der Waals surface area contributed by atoms with E-state index < -0.39 is 4.92 Å². The number of rotatable bonds is 5. The Bertz CT molecular complexity index is 831. The Morgan fingerprint density at radius 2 is 1.85 bits per heavy atom. The fraction of sp³-hybridized carbons (Fsp3) is 0.389. The Balaban J connectivity index is 1.64. The number of carbonyl (C=O) groups excluding carboxylic acids is 1. The van der Waals surface area contributed by atoms with E-state index in [0.29, 0.717) is 37.6 Å². The molecule has 0 aliphatic carbocycles. The van der Waals surface area contributed by atoms with E-state index in [2.05, 4.69) is 20.2 Å². The molecule has 1 fully saturated rings. The fourth-order valence-electron chi connectivity index (χ4n) is 3.03. The highest BCUT2D eigenvalue weighted by atomic mass is 16.6. The molecule has 0 bridgehead atoms. The SMILES string of the molecule is CCNc1cc(N2CCN(C(=O)c3ccc([N+](=O)[O-])cc3)CC2)nc(C)n1. The van der Waals surface area contributed by atoms with Crippen LogP contribution in [0, 0.1) is 17.0 Å². The summed E-state index contributed by atoms with van der Waals surface area (Å²) in [5.41, 5.74) is 0.438. The van der Waals surface area contributed by atoms with Crippen LogP contribution in [-0.2, 0) is 0 Å². The normalized spacial score (nSPS) is 14.1. The van der Waals surface area contributed by atoms with Crippen molar-refractivity contribution in [3.63, 3.8) is 0 Å². The molecular formula is C18H22N6O3. The van der Waals surface area contributed by atoms with Crippen molar-refractivity contribution < 1.29 is 9.72 Å². The third-order valence-electron chi connectivity index (χ3n) is 4.40. The molecule has 0 spiro atoms. The molecule has 142 valence electrons. The van der Waals surface area contributed by atoms with Crippen molar-refractivity contribution in [1.29, 1.82) is 0 Å². The van der Waals surface area contributed by atoms with Crippen molar-refractivity contribution in [2.24, 2.45) is 0 Å². The van der Waals surface area contributed by atoms with E-state index in [4.69, 9.17) is 0 Å². The van der Waals surface area contributed by atoms with Gasteiger partial charge in [-0.25, -0.2) is 9.97 Å². The molecule has 1 amide bonds. The van der Waals surface area contributed by atoms with Gasteiger partial charge >= 0.3 is 0 Å². The number of nitro groups is 1. The number of benzene rings is 1. The molecule has 1 aliphatic rings. The average molecular weight is 370 g/mol. The van der Waals surface area contributed by atoms with Crippen LogP contribution >= 0.6 is 0 Å². The molecule has 3 rings (SSSR count). The summed E-state index contributed by atoms with van der Waals surface area (Å²) >= 11 is 0. The molecule has 0 unspecified atom stereocenters. The minimum atomic E-state index is -0.474. The first-order valence-electron chi connectivity index (χ1n) is 8.86. The van der Waals surface area contributed by atoms with Crippen LogP contribution in [0.1, 0.15) is 23.1 Å². The smallest absolute Gasteiger partial charge is 0.269 e. The molecule has 2 heterocycles. The topological polar surface area (TPSA) is 104 Å². The minimum absolute atomic E-state index is 0.0213. The summed E-state index contributed by atoms with van der Waals surface area (Å²) in [4.78, 5) is 35.6. The first-order chi connectivity index (χ1) is 13.0. The number of hydrogen-bond donors (Lipinski definition) is 1. The maximum atomic E-state index is 12.6. The highest BCUT2D eigenvalue weighted by Crippen LogP contribution is 2.19. The van der Waals surface area contributed by atoms with Gasteiger partial charge in [0.2, 0.25) is 0 Å². The number of nitrogens with zero attached hydrogens (tertiary/aromatic N) is 5. The first-order valence-corrected chi connectivity index (χ1v) is 8.86. The number of nitro benzene ring substituents is 1. The number of carbonyl (C=O) groups is 1. The van der Waals surface area contributed by atoms with Crippen molar-refractivity contribution in [3.05, 3.63) is 51.8 Å². The van der Waals surface area contributed by atoms with Crippen LogP contribution in [-0.4, -0.2) is 58.4 Å². The van der Waals surface area contributed by atoms with Gasteiger partial charge in [-0.15, -0.1) is 0 Å². The number of amides is 1. The molecule has 1 aromatic carbocycles. The summed E-state index contributed by atoms with van der Waals surface area (Å²) in [5.74, 6) is 2.23. The largest absolute Gasteiger partial charge is 0.370 e. The predicted molar refractivity (Wildman–Crippen MR) is 102 cm³/mol. The van der Waals surface area contributed by atoms with Gasteiger partial charge in [0.15, 0.2) is 0 Å². The van der Waals surface area contributed by atoms with Crippen LogP contribution in [0.25, 0.3) is 0 Å². The number of anilines is 2. The van der Waals surface area contributed by atoms with Gasteiger partial charge < -0.3 is 15.1 Å². The Morgan fingerprint density at radius 3 is 2.44 bits per heavy atom. The standard InChI is InChI=1S/C18H22N6O3/c1-3-19-16-12-17(21-13(2)20-16)22-8-10-23(11-9-22)18(25)14-4-6-15(7-5-14)24(26)27/h4-7,12H,3,8-11H2,1-2H3,(H,19,20,21). The lowest BCUT2D eigenvalue weighted by atomic mass is 10.1. The summed E-state index contributed by atoms with van der Waals surface area (Å²) in [6.45, 7) is 7.12. The van der Waals surface area contributed by atoms with Crippen LogP contribution in [0.15, 0.2) is 30.3 Å². The number of hydrogen-bond acceptors (Lipinski definition) is 7. The van der Waals surface area contributed by atoms with E-state index in [-0.39, 0.29) is 11.6 Å². The molecule has 1 N–H and O–H groups in total. The number of aryl methyl sites for hydroxylation is 1. The molecular weight excluding hydrogens is 348 g/mol. The highest BCUT2D eigenvalue weighted by molar-refractivity contribution is 5.94. The van der Waals surface area contributed by atoms with Gasteiger partial charge in [0.1, 0.15) is 17.5 Å². The zero-order valence-corrected chi connectivity index (χ0v) is 15.4. The molecule has 27 heavy (non-hydrogen) atoms. The molecule has 1 aromatic heterocycles. The van der Waals surface area contributed by atoms with Crippen LogP contribution in [0.3, 0.4) is 0 Å². The monoisotopic (exact) mass is 370 g/mol. The molecule has 9 nitrogen and oxygen atoms in total. The van der Waals surface area contributed by atoms with E-state index in [1.54, 1.807) is 4.90 Å². The van der Waals surface area contributed by atoms with Crippen molar-refractivity contribution in [2.45, 2.75) is 13.8 Å². The summed E-state index contributed by atoms with van der Waals surface area (Å²) in [6.07, 6.45) is 0. The maximum Gasteiger partial charge on any atom is 0.269 e. The first kappa shape index (κ1) is 18.6. The van der Waals surface area contributed by atoms with Crippen LogP contribution in [0.2, 0.25) is 0 Å². The van der Waals surface area contributed by atoms with E-state index in [1.165, 1.54) is 24.3 Å². The molecule has 1 aliphatic heterocycles. The van der Waals surface area contributed by atoms with Gasteiger partial charge in [-0.1, -0.05) is 0 Å². The van der Waals surface area contributed by atoms with Gasteiger partial charge in [-0.05, 0) is 26.0 Å². The lowest BCUT2D eigenvalue weighted by molar-refractivity contribution is -0.384. The van der Waals surface area contributed by atoms with Gasteiger partial charge in [-0.2, -0.15) is 0 Å². The zero-order chi connectivity index (χ0) is 19.4. The lowest BCUT2D eigenvalue weighted by Gasteiger charge is -2.35. The molecule has 2 aromatic rings. The summed E-state index contributed by atoms with van der Waals surface area (Å²) < 4.78 is 0. The average Bonchev–Trinajstić information content (AvgIpc) is 2.67. The van der Waals surface area contributed by atoms with Gasteiger partial charge in [0.05, 0.1) is 4.92 Å². The van der Waals surface area contributed by atoms with E-state index in [0.717, 1.165) is 18.2 Å². The number of aromatic nitrogens is 2. The summed E-state index contributed by atoms with van der Waals surface area (Å²) in [7, 11) is 0. The Labute approximate surface area is 157 Å². The predicted octanol–water partition coefficient (Wildman–Crippen LogP) is 2.09. The van der Waals surface area contributed by atoms with Gasteiger partial charge in [0.25, 0.3) is 11.6 Å². The van der Waals surface area contributed by atoms with Gasteiger partial charge in [-0.3, -0.25) is 14.9 Å². The highest BCUT2D eigenvalue weighted by Gasteiger charge is 2.23. The third kappa shape index (κ3) is 4.30. The van der Waals surface area contributed by atoms with Crippen LogP contribution in [0.4, 0.5) is 17.3 Å². The number of nitrogens with one attached hydrogen (secondary N) is 1. The summed E-state index contributed by atoms with van der Waals surface area (Å²) in [5, 5.41) is 13.9. The Kier molecular flexibility index (Phi) is 5.49.